The number of aryl methyl sites for hydroxylation is 1. The summed E-state index contributed by atoms with van der Waals surface area (Å²) >= 11 is 0. The average Bonchev–Trinajstić information content (AvgIpc) is 2.96. The molecule has 0 aliphatic heterocycles. The number of hydrogen-bond acceptors (Lipinski definition) is 9. The minimum absolute atomic E-state index is 0.0322. The van der Waals surface area contributed by atoms with Crippen LogP contribution in [-0.4, -0.2) is 8.42 Å². The van der Waals surface area contributed by atoms with Crippen LogP contribution in [0.4, 0.5) is 0 Å². The molecular formula is C30H18N4O5S. The first-order chi connectivity index (χ1) is 19.2. The second-order valence-corrected chi connectivity index (χ2v) is 11.0. The predicted octanol–water partition coefficient (Wildman–Crippen LogP) is 4.53. The molecule has 1 aromatic heterocycles. The van der Waals surface area contributed by atoms with Gasteiger partial charge in [0.15, 0.2) is 5.41 Å². The third kappa shape index (κ3) is 3.71. The molecule has 0 spiro atoms. The van der Waals surface area contributed by atoms with Crippen LogP contribution >= 0.6 is 0 Å². The Balaban J connectivity index is 1.73. The Morgan fingerprint density at radius 3 is 2.15 bits per heavy atom. The molecule has 40 heavy (non-hydrogen) atoms. The van der Waals surface area contributed by atoms with E-state index in [1.165, 1.54) is 30.3 Å². The number of rotatable bonds is 4. The van der Waals surface area contributed by atoms with Crippen molar-refractivity contribution in [3.63, 3.8) is 0 Å². The molecule has 0 N–H and O–H groups in total. The summed E-state index contributed by atoms with van der Waals surface area (Å²) in [5, 5.41) is 41.5. The third-order valence-corrected chi connectivity index (χ3v) is 8.55. The average molecular weight is 547 g/mol. The van der Waals surface area contributed by atoms with Gasteiger partial charge < -0.3 is 8.60 Å². The zero-order valence-electron chi connectivity index (χ0n) is 21.0. The Morgan fingerprint density at radius 1 is 0.900 bits per heavy atom. The summed E-state index contributed by atoms with van der Waals surface area (Å²) in [5.41, 5.74) is -4.52. The van der Waals surface area contributed by atoms with Crippen LogP contribution in [0.15, 0.2) is 86.9 Å². The Kier molecular flexibility index (Phi) is 6.16. The second kappa shape index (κ2) is 9.40. The first-order valence-corrected chi connectivity index (χ1v) is 13.4. The third-order valence-electron chi connectivity index (χ3n) is 7.29. The van der Waals surface area contributed by atoms with E-state index >= 15 is 0 Å². The van der Waals surface area contributed by atoms with Crippen molar-refractivity contribution in [1.29, 1.82) is 21.0 Å². The maximum absolute atomic E-state index is 13.4. The van der Waals surface area contributed by atoms with E-state index in [4.69, 9.17) is 8.60 Å². The molecule has 9 nitrogen and oxygen atoms in total. The van der Waals surface area contributed by atoms with Gasteiger partial charge in [0.25, 0.3) is 0 Å². The lowest BCUT2D eigenvalue weighted by Crippen LogP contribution is -2.53. The summed E-state index contributed by atoms with van der Waals surface area (Å²) in [6.45, 7) is 1.82. The second-order valence-electron chi connectivity index (χ2n) is 9.42. The van der Waals surface area contributed by atoms with Crippen LogP contribution in [0.5, 0.6) is 5.75 Å². The maximum Gasteiger partial charge on any atom is 0.342 e. The van der Waals surface area contributed by atoms with Crippen LogP contribution in [0.3, 0.4) is 0 Å². The van der Waals surface area contributed by atoms with E-state index in [2.05, 4.69) is 0 Å². The van der Waals surface area contributed by atoms with Gasteiger partial charge in [-0.05, 0) is 48.7 Å². The molecule has 3 aromatic carbocycles. The van der Waals surface area contributed by atoms with Gasteiger partial charge in [-0.2, -0.15) is 29.5 Å². The van der Waals surface area contributed by atoms with Crippen molar-refractivity contribution in [3.8, 4) is 30.0 Å². The molecule has 0 saturated heterocycles. The normalized spacial score (nSPS) is 16.9. The highest BCUT2D eigenvalue weighted by atomic mass is 32.2. The number of benzene rings is 3. The first-order valence-electron chi connectivity index (χ1n) is 12.0. The van der Waals surface area contributed by atoms with Crippen LogP contribution in [0, 0.1) is 57.7 Å². The van der Waals surface area contributed by atoms with Crippen LogP contribution in [-0.2, 0) is 22.0 Å². The lowest BCUT2D eigenvalue weighted by molar-refractivity contribution is 0.287. The molecule has 0 amide bonds. The molecule has 1 unspecified atom stereocenters. The summed E-state index contributed by atoms with van der Waals surface area (Å²) in [7, 11) is -4.20. The minimum Gasteiger partial charge on any atom is -0.422 e. The summed E-state index contributed by atoms with van der Waals surface area (Å²) in [4.78, 5) is 13.3. The molecule has 194 valence electrons. The molecule has 0 saturated carbocycles. The fourth-order valence-electron chi connectivity index (χ4n) is 5.30. The van der Waals surface area contributed by atoms with Gasteiger partial charge in [0, 0.05) is 17.4 Å². The van der Waals surface area contributed by atoms with E-state index < -0.39 is 32.5 Å². The van der Waals surface area contributed by atoms with Crippen molar-refractivity contribution in [1.82, 2.24) is 0 Å². The van der Waals surface area contributed by atoms with Gasteiger partial charge in [-0.1, -0.05) is 48.0 Å². The van der Waals surface area contributed by atoms with Crippen LogP contribution in [0.1, 0.15) is 28.2 Å². The fraction of sp³-hybridized carbons (Fsp3) is 0.167. The smallest absolute Gasteiger partial charge is 0.342 e. The van der Waals surface area contributed by atoms with Crippen molar-refractivity contribution < 1.29 is 17.0 Å². The standard InChI is InChI=1S/C30H18N4O5S/c1-19-7-10-22(11-8-19)40(36,37)39-21-9-12-23-24-14-25(20-5-3-2-4-6-20)29(15-31,16-32)30(17-33,18-34)27(24)28(35)38-26(23)13-21/h2-13,25H,14H2,1H3. The topological polar surface area (TPSA) is 169 Å². The quantitative estimate of drug-likeness (QED) is 0.264. The number of nitriles is 4. The Morgan fingerprint density at radius 2 is 1.55 bits per heavy atom. The van der Waals surface area contributed by atoms with Gasteiger partial charge in [0.05, 0.1) is 29.8 Å². The Labute approximate surface area is 229 Å². The molecule has 0 bridgehead atoms. The number of fused-ring (bicyclic) bond motifs is 3. The SMILES string of the molecule is Cc1ccc(S(=O)(=O)Oc2ccc3c4c(c(=O)oc3c2)C(C#N)(C#N)C(C#N)(C#N)C(c2ccccc2)C4)cc1. The van der Waals surface area contributed by atoms with Crippen molar-refractivity contribution >= 4 is 21.1 Å². The first kappa shape index (κ1) is 26.2. The molecule has 0 radical (unpaired) electrons. The minimum atomic E-state index is -4.20. The number of hydrogen-bond donors (Lipinski definition) is 0. The van der Waals surface area contributed by atoms with Crippen LogP contribution in [0.25, 0.3) is 11.0 Å². The van der Waals surface area contributed by atoms with Crippen LogP contribution < -0.4 is 9.81 Å². The van der Waals surface area contributed by atoms with Gasteiger partial charge in [0.1, 0.15) is 16.2 Å². The zero-order chi connectivity index (χ0) is 28.7. The van der Waals surface area contributed by atoms with Gasteiger partial charge in [0.2, 0.25) is 5.41 Å². The maximum atomic E-state index is 13.4. The monoisotopic (exact) mass is 546 g/mol. The number of nitrogens with zero attached hydrogens (tertiary/aromatic N) is 4. The zero-order valence-corrected chi connectivity index (χ0v) is 21.8. The van der Waals surface area contributed by atoms with Gasteiger partial charge >= 0.3 is 15.7 Å². The van der Waals surface area contributed by atoms with E-state index in [1.807, 2.05) is 31.2 Å². The van der Waals surface area contributed by atoms with Crippen molar-refractivity contribution in [2.24, 2.45) is 5.41 Å². The summed E-state index contributed by atoms with van der Waals surface area (Å²) < 4.78 is 36.4. The molecule has 1 heterocycles. The summed E-state index contributed by atoms with van der Waals surface area (Å²) in [6, 6.07) is 26.1. The predicted molar refractivity (Wildman–Crippen MR) is 141 cm³/mol. The molecule has 0 fully saturated rings. The van der Waals surface area contributed by atoms with Gasteiger partial charge in [-0.3, -0.25) is 0 Å². The van der Waals surface area contributed by atoms with E-state index in [0.717, 1.165) is 5.56 Å². The Bertz CT molecular complexity index is 1980. The van der Waals surface area contributed by atoms with Crippen molar-refractivity contribution in [3.05, 3.63) is 105 Å². The van der Waals surface area contributed by atoms with E-state index in [0.29, 0.717) is 10.9 Å². The van der Waals surface area contributed by atoms with Crippen LogP contribution in [0.2, 0.25) is 0 Å². The van der Waals surface area contributed by atoms with E-state index in [9.17, 15) is 34.3 Å². The van der Waals surface area contributed by atoms with E-state index in [-0.39, 0.29) is 33.8 Å². The Hall–Kier alpha value is -5.42. The molecule has 10 heteroatoms. The summed E-state index contributed by atoms with van der Waals surface area (Å²) in [6.07, 6.45) is -0.0322. The largest absolute Gasteiger partial charge is 0.422 e. The highest BCUT2D eigenvalue weighted by molar-refractivity contribution is 7.87. The molecule has 4 aromatic rings. The highest BCUT2D eigenvalue weighted by Crippen LogP contribution is 2.56. The van der Waals surface area contributed by atoms with Gasteiger partial charge in [-0.25, -0.2) is 4.79 Å². The highest BCUT2D eigenvalue weighted by Gasteiger charge is 2.65. The lowest BCUT2D eigenvalue weighted by atomic mass is 9.50. The molecule has 1 aliphatic rings. The lowest BCUT2D eigenvalue weighted by Gasteiger charge is -2.42. The van der Waals surface area contributed by atoms with Crippen molar-refractivity contribution in [2.75, 3.05) is 0 Å². The van der Waals surface area contributed by atoms with Gasteiger partial charge in [-0.15, -0.1) is 0 Å². The molecule has 1 atom stereocenters. The molecular weight excluding hydrogens is 528 g/mol. The molecule has 5 rings (SSSR count). The molecule has 1 aliphatic carbocycles. The fourth-order valence-corrected chi connectivity index (χ4v) is 6.22. The van der Waals surface area contributed by atoms with E-state index in [1.54, 1.807) is 42.5 Å². The van der Waals surface area contributed by atoms with Crippen molar-refractivity contribution in [2.45, 2.75) is 29.6 Å². The summed E-state index contributed by atoms with van der Waals surface area (Å²) in [5.74, 6) is -1.07.